The quantitative estimate of drug-likeness (QED) is 0.355. The molecule has 1 aliphatic carbocycles. The Hall–Kier alpha value is -1.06. The van der Waals surface area contributed by atoms with E-state index in [1.807, 2.05) is 12.1 Å². The summed E-state index contributed by atoms with van der Waals surface area (Å²) in [6.07, 6.45) is 4.65. The Morgan fingerprint density at radius 2 is 2.18 bits per heavy atom. The number of fused-ring (bicyclic) bond motifs is 1. The first-order valence-corrected chi connectivity index (χ1v) is 7.86. The molecule has 22 heavy (non-hydrogen) atoms. The van der Waals surface area contributed by atoms with E-state index in [-0.39, 0.29) is 30.3 Å². The van der Waals surface area contributed by atoms with Crippen LogP contribution in [0.5, 0.6) is 0 Å². The molecule has 0 aromatic heterocycles. The first-order chi connectivity index (χ1) is 10.2. The van der Waals surface area contributed by atoms with Crippen molar-refractivity contribution in [3.8, 4) is 0 Å². The predicted octanol–water partition coefficient (Wildman–Crippen LogP) is 3.74. The maximum atomic E-state index is 13.1. The molecule has 1 aromatic carbocycles. The summed E-state index contributed by atoms with van der Waals surface area (Å²) in [5.74, 6) is -0.418. The number of rotatable bonds is 5. The van der Waals surface area contributed by atoms with Crippen molar-refractivity contribution in [1.29, 1.82) is 0 Å². The molecule has 0 saturated carbocycles. The van der Waals surface area contributed by atoms with E-state index in [9.17, 15) is 9.59 Å². The standard InChI is InChI=1S/C18H23O3.V/c1-3-5-12-18(17(20)21-4-2)13-8-10-14-9-6-7-11-15(14)16(18)19;/h6,9,11H,3-5,8,10,12-13H2,1-2H3;/q-1;. The first kappa shape index (κ1) is 19.0. The van der Waals surface area contributed by atoms with Crippen LogP contribution in [0.4, 0.5) is 0 Å². The minimum Gasteiger partial charge on any atom is -0.465 e. The van der Waals surface area contributed by atoms with Gasteiger partial charge in [0.25, 0.3) is 0 Å². The number of benzene rings is 1. The van der Waals surface area contributed by atoms with Crippen LogP contribution in [0.25, 0.3) is 0 Å². The second-order valence-electron chi connectivity index (χ2n) is 5.67. The molecule has 1 radical (unpaired) electrons. The Morgan fingerprint density at radius 1 is 1.41 bits per heavy atom. The summed E-state index contributed by atoms with van der Waals surface area (Å²) in [5.41, 5.74) is 0.688. The van der Waals surface area contributed by atoms with E-state index in [1.165, 1.54) is 0 Å². The number of carbonyl (C=O) groups is 2. The first-order valence-electron chi connectivity index (χ1n) is 7.86. The van der Waals surface area contributed by atoms with Crippen LogP contribution in [0, 0.1) is 11.5 Å². The number of hydrogen-bond acceptors (Lipinski definition) is 3. The largest absolute Gasteiger partial charge is 0.465 e. The van der Waals surface area contributed by atoms with Gasteiger partial charge in [-0.3, -0.25) is 4.79 Å². The number of unbranched alkanes of at least 4 members (excludes halogenated alkanes) is 1. The Kier molecular flexibility index (Phi) is 7.38. The summed E-state index contributed by atoms with van der Waals surface area (Å²) in [6.45, 7) is 4.17. The van der Waals surface area contributed by atoms with Crippen LogP contribution in [0.3, 0.4) is 0 Å². The normalized spacial score (nSPS) is 20.5. The van der Waals surface area contributed by atoms with Gasteiger partial charge in [0.1, 0.15) is 11.2 Å². The molecule has 0 fully saturated rings. The molecular weight excluding hydrogens is 315 g/mol. The molecule has 3 nitrogen and oxygen atoms in total. The molecule has 0 heterocycles. The SMILES string of the molecule is CCCCC1(C(=O)OCC)CCCc2cc[c-]cc2C1=O.[V]. The third-order valence-electron chi connectivity index (χ3n) is 4.31. The van der Waals surface area contributed by atoms with Gasteiger partial charge < -0.3 is 9.53 Å². The Bertz CT molecular complexity index is 523. The Balaban J connectivity index is 0.00000242. The van der Waals surface area contributed by atoms with Crippen molar-refractivity contribution in [2.24, 2.45) is 5.41 Å². The van der Waals surface area contributed by atoms with Gasteiger partial charge in [0.2, 0.25) is 0 Å². The van der Waals surface area contributed by atoms with Crippen LogP contribution in [0.15, 0.2) is 18.2 Å². The fourth-order valence-corrected chi connectivity index (χ4v) is 3.13. The molecule has 1 unspecified atom stereocenters. The van der Waals surface area contributed by atoms with Crippen molar-refractivity contribution < 1.29 is 32.9 Å². The van der Waals surface area contributed by atoms with Gasteiger partial charge in [-0.05, 0) is 32.6 Å². The summed E-state index contributed by atoms with van der Waals surface area (Å²) in [7, 11) is 0. The fourth-order valence-electron chi connectivity index (χ4n) is 3.13. The third-order valence-corrected chi connectivity index (χ3v) is 4.31. The molecule has 0 bridgehead atoms. The number of carbonyl (C=O) groups excluding carboxylic acids is 2. The molecule has 2 rings (SSSR count). The van der Waals surface area contributed by atoms with Crippen LogP contribution in [0.2, 0.25) is 0 Å². The van der Waals surface area contributed by atoms with E-state index in [0.717, 1.165) is 31.2 Å². The molecule has 1 aromatic rings. The maximum Gasteiger partial charge on any atom is 0.318 e. The molecule has 0 amide bonds. The van der Waals surface area contributed by atoms with Crippen LogP contribution in [0.1, 0.15) is 61.9 Å². The molecule has 0 aliphatic heterocycles. The average molecular weight is 338 g/mol. The maximum absolute atomic E-state index is 13.1. The molecular formula is C18H23O3V-. The zero-order valence-electron chi connectivity index (χ0n) is 13.4. The second kappa shape index (κ2) is 8.54. The fraction of sp³-hybridized carbons (Fsp3) is 0.556. The van der Waals surface area contributed by atoms with Gasteiger partial charge in [-0.2, -0.15) is 24.3 Å². The van der Waals surface area contributed by atoms with Crippen molar-refractivity contribution in [1.82, 2.24) is 0 Å². The van der Waals surface area contributed by atoms with E-state index < -0.39 is 5.41 Å². The van der Waals surface area contributed by atoms with Crippen molar-refractivity contribution in [3.05, 3.63) is 35.4 Å². The number of ketones is 1. The minimum absolute atomic E-state index is 0. The van der Waals surface area contributed by atoms with Crippen LogP contribution in [-0.2, 0) is 34.5 Å². The topological polar surface area (TPSA) is 43.4 Å². The molecule has 0 N–H and O–H groups in total. The Morgan fingerprint density at radius 3 is 2.86 bits per heavy atom. The number of esters is 1. The van der Waals surface area contributed by atoms with Gasteiger partial charge in [-0.1, -0.05) is 25.3 Å². The van der Waals surface area contributed by atoms with E-state index in [1.54, 1.807) is 13.0 Å². The minimum atomic E-state index is -0.994. The van der Waals surface area contributed by atoms with E-state index in [2.05, 4.69) is 13.0 Å². The summed E-state index contributed by atoms with van der Waals surface area (Å²) in [4.78, 5) is 25.6. The number of hydrogen-bond donors (Lipinski definition) is 0. The number of ether oxygens (including phenoxy) is 1. The van der Waals surface area contributed by atoms with Crippen molar-refractivity contribution in [3.63, 3.8) is 0 Å². The zero-order valence-corrected chi connectivity index (χ0v) is 14.8. The summed E-state index contributed by atoms with van der Waals surface area (Å²) >= 11 is 0. The van der Waals surface area contributed by atoms with Gasteiger partial charge in [0.05, 0.1) is 6.61 Å². The van der Waals surface area contributed by atoms with Gasteiger partial charge in [-0.25, -0.2) is 0 Å². The van der Waals surface area contributed by atoms with Crippen LogP contribution in [-0.4, -0.2) is 18.4 Å². The average Bonchev–Trinajstić information content (AvgIpc) is 2.64. The van der Waals surface area contributed by atoms with E-state index in [0.29, 0.717) is 25.0 Å². The van der Waals surface area contributed by atoms with E-state index in [4.69, 9.17) is 4.74 Å². The molecule has 0 saturated heterocycles. The number of Topliss-reactive ketones (excluding diaryl/α,β-unsaturated/α-hetero) is 1. The smallest absolute Gasteiger partial charge is 0.318 e. The number of aryl methyl sites for hydroxylation is 1. The van der Waals surface area contributed by atoms with E-state index >= 15 is 0 Å². The monoisotopic (exact) mass is 338 g/mol. The summed E-state index contributed by atoms with van der Waals surface area (Å²) < 4.78 is 5.25. The van der Waals surface area contributed by atoms with Crippen molar-refractivity contribution >= 4 is 11.8 Å². The summed E-state index contributed by atoms with van der Waals surface area (Å²) in [6, 6.07) is 8.46. The second-order valence-corrected chi connectivity index (χ2v) is 5.67. The molecule has 4 heteroatoms. The summed E-state index contributed by atoms with van der Waals surface area (Å²) in [5, 5.41) is 0. The van der Waals surface area contributed by atoms with Crippen molar-refractivity contribution in [2.45, 2.75) is 52.4 Å². The van der Waals surface area contributed by atoms with Gasteiger partial charge in [0, 0.05) is 18.6 Å². The Labute approximate surface area is 144 Å². The molecule has 1 aliphatic rings. The predicted molar refractivity (Wildman–Crippen MR) is 81.1 cm³/mol. The zero-order chi connectivity index (χ0) is 15.3. The molecule has 1 atom stereocenters. The van der Waals surface area contributed by atoms with Crippen LogP contribution >= 0.6 is 0 Å². The van der Waals surface area contributed by atoms with Crippen molar-refractivity contribution in [2.75, 3.05) is 6.61 Å². The van der Waals surface area contributed by atoms with Gasteiger partial charge in [0.15, 0.2) is 0 Å². The van der Waals surface area contributed by atoms with Gasteiger partial charge >= 0.3 is 5.97 Å². The molecule has 0 spiro atoms. The third kappa shape index (κ3) is 3.64. The molecule has 119 valence electrons. The van der Waals surface area contributed by atoms with Crippen LogP contribution < -0.4 is 0 Å². The van der Waals surface area contributed by atoms with Gasteiger partial charge in [-0.15, -0.1) is 5.56 Å².